The molecular weight excluding hydrogens is 442 g/mol. The first-order chi connectivity index (χ1) is 17.2. The Kier molecular flexibility index (Phi) is 5.68. The summed E-state index contributed by atoms with van der Waals surface area (Å²) >= 11 is 0. The summed E-state index contributed by atoms with van der Waals surface area (Å²) in [7, 11) is 0. The molecule has 5 aromatic rings. The third kappa shape index (κ3) is 4.19. The van der Waals surface area contributed by atoms with E-state index in [1.54, 1.807) is 66.9 Å². The summed E-state index contributed by atoms with van der Waals surface area (Å²) < 4.78 is 1.39. The van der Waals surface area contributed by atoms with E-state index in [-0.39, 0.29) is 28.5 Å². The number of aromatic hydroxyl groups is 1. The van der Waals surface area contributed by atoms with Crippen LogP contribution >= 0.6 is 0 Å². The van der Waals surface area contributed by atoms with Gasteiger partial charge in [0.1, 0.15) is 5.69 Å². The van der Waals surface area contributed by atoms with Gasteiger partial charge in [-0.1, -0.05) is 48.5 Å². The molecule has 1 amide bonds. The first-order valence-corrected chi connectivity index (χ1v) is 10.6. The summed E-state index contributed by atoms with van der Waals surface area (Å²) in [6, 6.07) is 23.0. The van der Waals surface area contributed by atoms with Crippen LogP contribution in [0.15, 0.2) is 101 Å². The maximum atomic E-state index is 13.0. The number of para-hydroxylation sites is 1. The van der Waals surface area contributed by atoms with E-state index >= 15 is 0 Å². The zero-order valence-electron chi connectivity index (χ0n) is 18.2. The minimum absolute atomic E-state index is 0.0464. The molecule has 0 unspecified atom stereocenters. The van der Waals surface area contributed by atoms with Crippen LogP contribution in [0.5, 0.6) is 5.75 Å². The zero-order valence-corrected chi connectivity index (χ0v) is 18.2. The maximum absolute atomic E-state index is 13.0. The number of nitrogens with one attached hydrogen (secondary N) is 1. The lowest BCUT2D eigenvalue weighted by Gasteiger charge is -2.11. The summed E-state index contributed by atoms with van der Waals surface area (Å²) in [5.74, 6) is -0.201. The van der Waals surface area contributed by atoms with Gasteiger partial charge in [0.25, 0.3) is 11.6 Å². The molecule has 0 aliphatic carbocycles. The minimum Gasteiger partial charge on any atom is -0.505 e. The average Bonchev–Trinajstić information content (AvgIpc) is 3.32. The van der Waals surface area contributed by atoms with Crippen molar-refractivity contribution in [2.75, 3.05) is 5.32 Å². The molecule has 0 saturated carbocycles. The standard InChI is InChI=1S/C26H17N7O2/c1-27-21-16-29-33(22-13-7-8-14-28-22)25(21)32-31-23-19-12-6-5-9-17(19)15-20(24(23)34)26(35)30-18-10-3-2-4-11-18/h2-16,34H,(H,30,35). The van der Waals surface area contributed by atoms with Crippen molar-refractivity contribution >= 4 is 39.6 Å². The van der Waals surface area contributed by atoms with Gasteiger partial charge in [0.05, 0.1) is 18.3 Å². The van der Waals surface area contributed by atoms with E-state index < -0.39 is 5.91 Å². The number of pyridine rings is 1. The van der Waals surface area contributed by atoms with Gasteiger partial charge in [-0.25, -0.2) is 14.5 Å². The number of rotatable bonds is 5. The first-order valence-electron chi connectivity index (χ1n) is 10.6. The number of fused-ring (bicyclic) bond motifs is 1. The van der Waals surface area contributed by atoms with E-state index in [4.69, 9.17) is 6.57 Å². The molecule has 0 bridgehead atoms. The number of azo groups is 1. The number of aromatic nitrogens is 3. The molecule has 2 N–H and O–H groups in total. The Labute approximate surface area is 199 Å². The molecule has 0 atom stereocenters. The van der Waals surface area contributed by atoms with Crippen LogP contribution in [-0.4, -0.2) is 25.8 Å². The first kappa shape index (κ1) is 21.5. The summed E-state index contributed by atoms with van der Waals surface area (Å²) in [6.07, 6.45) is 2.97. The largest absolute Gasteiger partial charge is 0.505 e. The number of phenols is 1. The van der Waals surface area contributed by atoms with Crippen LogP contribution in [0.3, 0.4) is 0 Å². The fraction of sp³-hybridized carbons (Fsp3) is 0. The highest BCUT2D eigenvalue weighted by molar-refractivity contribution is 6.11. The maximum Gasteiger partial charge on any atom is 0.259 e. The van der Waals surface area contributed by atoms with Crippen molar-refractivity contribution in [2.24, 2.45) is 10.2 Å². The van der Waals surface area contributed by atoms with E-state index in [2.05, 4.69) is 30.5 Å². The van der Waals surface area contributed by atoms with Crippen molar-refractivity contribution in [3.8, 4) is 11.6 Å². The minimum atomic E-state index is -0.490. The molecule has 168 valence electrons. The number of phenolic OH excluding ortho intramolecular Hbond substituents is 1. The third-order valence-corrected chi connectivity index (χ3v) is 5.23. The smallest absolute Gasteiger partial charge is 0.259 e. The summed E-state index contributed by atoms with van der Waals surface area (Å²) in [5, 5.41) is 27.9. The quantitative estimate of drug-likeness (QED) is 0.236. The Hall–Kier alpha value is -5.36. The molecule has 9 heteroatoms. The Morgan fingerprint density at radius 1 is 1.00 bits per heavy atom. The monoisotopic (exact) mass is 459 g/mol. The van der Waals surface area contributed by atoms with Gasteiger partial charge in [-0.2, -0.15) is 5.10 Å². The normalized spacial score (nSPS) is 10.9. The Balaban J connectivity index is 1.61. The van der Waals surface area contributed by atoms with Gasteiger partial charge in [0, 0.05) is 17.3 Å². The molecular formula is C26H17N7O2. The second kappa shape index (κ2) is 9.25. The number of hydrogen-bond donors (Lipinski definition) is 2. The van der Waals surface area contributed by atoms with Crippen molar-refractivity contribution in [1.29, 1.82) is 0 Å². The fourth-order valence-corrected chi connectivity index (χ4v) is 3.56. The summed E-state index contributed by atoms with van der Waals surface area (Å²) in [6.45, 7) is 7.46. The lowest BCUT2D eigenvalue weighted by molar-refractivity contribution is 0.102. The van der Waals surface area contributed by atoms with Crippen molar-refractivity contribution in [3.63, 3.8) is 0 Å². The van der Waals surface area contributed by atoms with Crippen LogP contribution in [-0.2, 0) is 0 Å². The molecule has 2 aromatic heterocycles. The van der Waals surface area contributed by atoms with Crippen LogP contribution in [0.4, 0.5) is 22.9 Å². The molecule has 2 heterocycles. The van der Waals surface area contributed by atoms with E-state index in [1.165, 1.54) is 10.9 Å². The number of carbonyl (C=O) groups excluding carboxylic acids is 1. The predicted octanol–water partition coefficient (Wildman–Crippen LogP) is 6.34. The highest BCUT2D eigenvalue weighted by atomic mass is 16.3. The van der Waals surface area contributed by atoms with E-state index in [9.17, 15) is 9.90 Å². The van der Waals surface area contributed by atoms with E-state index in [0.717, 1.165) is 0 Å². The number of carbonyl (C=O) groups is 1. The van der Waals surface area contributed by atoms with Crippen LogP contribution in [0, 0.1) is 6.57 Å². The number of hydrogen-bond acceptors (Lipinski definition) is 6. The Morgan fingerprint density at radius 2 is 1.77 bits per heavy atom. The van der Waals surface area contributed by atoms with Gasteiger partial charge in [0.2, 0.25) is 0 Å². The van der Waals surface area contributed by atoms with Gasteiger partial charge in [-0.15, -0.1) is 10.2 Å². The second-order valence-electron chi connectivity index (χ2n) is 7.43. The highest BCUT2D eigenvalue weighted by Gasteiger charge is 2.19. The molecule has 3 aromatic carbocycles. The molecule has 5 rings (SSSR count). The van der Waals surface area contributed by atoms with Gasteiger partial charge < -0.3 is 10.4 Å². The zero-order chi connectivity index (χ0) is 24.2. The molecule has 0 aliphatic heterocycles. The Bertz CT molecular complexity index is 1600. The SMILES string of the molecule is [C-]#[N+]c1cnn(-c2ccccn2)c1N=Nc1c(O)c(C(=O)Nc2ccccc2)cc2ccccc12. The Morgan fingerprint density at radius 3 is 2.54 bits per heavy atom. The molecule has 0 radical (unpaired) electrons. The average molecular weight is 459 g/mol. The molecule has 0 saturated heterocycles. The summed E-state index contributed by atoms with van der Waals surface area (Å²) in [5.41, 5.74) is 0.909. The predicted molar refractivity (Wildman–Crippen MR) is 132 cm³/mol. The van der Waals surface area contributed by atoms with Gasteiger partial charge in [-0.3, -0.25) is 4.79 Å². The van der Waals surface area contributed by atoms with E-state index in [1.807, 2.05) is 18.2 Å². The lowest BCUT2D eigenvalue weighted by Crippen LogP contribution is -2.12. The van der Waals surface area contributed by atoms with Crippen molar-refractivity contribution in [1.82, 2.24) is 14.8 Å². The van der Waals surface area contributed by atoms with Crippen LogP contribution < -0.4 is 5.32 Å². The number of benzene rings is 3. The van der Waals surface area contributed by atoms with Crippen molar-refractivity contribution in [3.05, 3.63) is 108 Å². The summed E-state index contributed by atoms with van der Waals surface area (Å²) in [4.78, 5) is 20.7. The van der Waals surface area contributed by atoms with Crippen LogP contribution in [0.2, 0.25) is 0 Å². The molecule has 0 spiro atoms. The molecule has 0 fully saturated rings. The van der Waals surface area contributed by atoms with Crippen molar-refractivity contribution < 1.29 is 9.90 Å². The topological polar surface area (TPSA) is 109 Å². The lowest BCUT2D eigenvalue weighted by atomic mass is 10.0. The van der Waals surface area contributed by atoms with Gasteiger partial charge in [0.15, 0.2) is 17.4 Å². The highest BCUT2D eigenvalue weighted by Crippen LogP contribution is 2.40. The molecule has 9 nitrogen and oxygen atoms in total. The number of nitrogens with zero attached hydrogens (tertiary/aromatic N) is 6. The van der Waals surface area contributed by atoms with Gasteiger partial charge in [-0.05, 0) is 35.7 Å². The van der Waals surface area contributed by atoms with Crippen LogP contribution in [0.25, 0.3) is 21.4 Å². The second-order valence-corrected chi connectivity index (χ2v) is 7.43. The van der Waals surface area contributed by atoms with Crippen molar-refractivity contribution in [2.45, 2.75) is 0 Å². The van der Waals surface area contributed by atoms with E-state index in [0.29, 0.717) is 22.3 Å². The number of amides is 1. The van der Waals surface area contributed by atoms with Gasteiger partial charge >= 0.3 is 0 Å². The number of anilines is 1. The third-order valence-electron chi connectivity index (χ3n) is 5.23. The molecule has 0 aliphatic rings. The fourth-order valence-electron chi connectivity index (χ4n) is 3.56. The molecule has 35 heavy (non-hydrogen) atoms. The van der Waals surface area contributed by atoms with Crippen LogP contribution in [0.1, 0.15) is 10.4 Å².